The van der Waals surface area contributed by atoms with Gasteiger partial charge in [0.25, 0.3) is 5.91 Å². The van der Waals surface area contributed by atoms with Crippen molar-refractivity contribution >= 4 is 5.91 Å². The zero-order chi connectivity index (χ0) is 20.8. The summed E-state index contributed by atoms with van der Waals surface area (Å²) in [6.45, 7) is 0.811. The fourth-order valence-electron chi connectivity index (χ4n) is 3.02. The summed E-state index contributed by atoms with van der Waals surface area (Å²) in [7, 11) is 1.72. The van der Waals surface area contributed by atoms with Crippen LogP contribution in [0.2, 0.25) is 0 Å². The van der Waals surface area contributed by atoms with Gasteiger partial charge in [-0.15, -0.1) is 5.10 Å². The molecule has 0 aliphatic rings. The van der Waals surface area contributed by atoms with Gasteiger partial charge in [-0.25, -0.2) is 9.67 Å². The summed E-state index contributed by atoms with van der Waals surface area (Å²) in [6, 6.07) is 28.9. The molecule has 0 fully saturated rings. The van der Waals surface area contributed by atoms with Crippen molar-refractivity contribution in [2.75, 3.05) is 20.2 Å². The summed E-state index contributed by atoms with van der Waals surface area (Å²) < 4.78 is 7.40. The first kappa shape index (κ1) is 19.4. The van der Waals surface area contributed by atoms with Crippen molar-refractivity contribution in [2.24, 2.45) is 0 Å². The highest BCUT2D eigenvalue weighted by molar-refractivity contribution is 5.90. The van der Waals surface area contributed by atoms with E-state index in [1.807, 2.05) is 91.0 Å². The fraction of sp³-hybridized carbons (Fsp3) is 0.125. The maximum Gasteiger partial charge on any atom is 0.293 e. The molecule has 6 nitrogen and oxygen atoms in total. The van der Waals surface area contributed by atoms with Gasteiger partial charge in [-0.2, -0.15) is 0 Å². The van der Waals surface area contributed by atoms with E-state index in [1.54, 1.807) is 16.6 Å². The van der Waals surface area contributed by atoms with Crippen LogP contribution in [0.25, 0.3) is 17.1 Å². The standard InChI is InChI=1S/C24H22N4O2/c1-27(17-18-30-21-15-9-4-10-16-21)24(29)22-25-23(19-11-5-2-6-12-19)28(26-22)20-13-7-3-8-14-20/h2-16H,17-18H2,1H3. The molecular formula is C24H22N4O2. The number of ether oxygens (including phenoxy) is 1. The Hall–Kier alpha value is -3.93. The summed E-state index contributed by atoms with van der Waals surface area (Å²) >= 11 is 0. The minimum atomic E-state index is -0.251. The highest BCUT2D eigenvalue weighted by Gasteiger charge is 2.21. The number of hydrogen-bond donors (Lipinski definition) is 0. The number of hydrogen-bond acceptors (Lipinski definition) is 4. The number of para-hydroxylation sites is 2. The monoisotopic (exact) mass is 398 g/mol. The highest BCUT2D eigenvalue weighted by Crippen LogP contribution is 2.21. The molecule has 0 saturated heterocycles. The Morgan fingerprint density at radius 1 is 0.900 bits per heavy atom. The van der Waals surface area contributed by atoms with Gasteiger partial charge in [-0.3, -0.25) is 4.79 Å². The lowest BCUT2D eigenvalue weighted by molar-refractivity contribution is 0.0762. The molecule has 1 heterocycles. The van der Waals surface area contributed by atoms with Gasteiger partial charge in [0.15, 0.2) is 5.82 Å². The number of likely N-dealkylation sites (N-methyl/N-ethyl adjacent to an activating group) is 1. The van der Waals surface area contributed by atoms with E-state index in [-0.39, 0.29) is 11.7 Å². The van der Waals surface area contributed by atoms with Crippen molar-refractivity contribution in [3.63, 3.8) is 0 Å². The van der Waals surface area contributed by atoms with Crippen LogP contribution >= 0.6 is 0 Å². The normalized spacial score (nSPS) is 10.6. The molecule has 4 rings (SSSR count). The van der Waals surface area contributed by atoms with Crippen molar-refractivity contribution in [2.45, 2.75) is 0 Å². The van der Waals surface area contributed by atoms with Crippen LogP contribution < -0.4 is 4.74 Å². The molecule has 3 aromatic carbocycles. The molecule has 0 radical (unpaired) electrons. The second kappa shape index (κ2) is 9.05. The summed E-state index contributed by atoms with van der Waals surface area (Å²) in [4.78, 5) is 19.1. The fourth-order valence-corrected chi connectivity index (χ4v) is 3.02. The number of rotatable bonds is 7. The molecule has 0 atom stereocenters. The van der Waals surface area contributed by atoms with Crippen LogP contribution in [0.4, 0.5) is 0 Å². The minimum absolute atomic E-state index is 0.153. The zero-order valence-corrected chi connectivity index (χ0v) is 16.7. The smallest absolute Gasteiger partial charge is 0.293 e. The van der Waals surface area contributed by atoms with Crippen LogP contribution in [0, 0.1) is 0 Å². The van der Waals surface area contributed by atoms with Gasteiger partial charge in [0, 0.05) is 12.6 Å². The average Bonchev–Trinajstić information content (AvgIpc) is 3.26. The maximum absolute atomic E-state index is 12.9. The lowest BCUT2D eigenvalue weighted by Gasteiger charge is -2.15. The molecule has 30 heavy (non-hydrogen) atoms. The molecular weight excluding hydrogens is 376 g/mol. The van der Waals surface area contributed by atoms with Gasteiger partial charge >= 0.3 is 0 Å². The first-order valence-electron chi connectivity index (χ1n) is 9.73. The van der Waals surface area contributed by atoms with Crippen LogP contribution in [0.5, 0.6) is 5.75 Å². The van der Waals surface area contributed by atoms with Crippen molar-refractivity contribution in [3.05, 3.63) is 96.8 Å². The second-order valence-corrected chi connectivity index (χ2v) is 6.76. The molecule has 4 aromatic rings. The van der Waals surface area contributed by atoms with Gasteiger partial charge in [0.2, 0.25) is 5.82 Å². The van der Waals surface area contributed by atoms with Crippen LogP contribution in [0.3, 0.4) is 0 Å². The van der Waals surface area contributed by atoms with Crippen molar-refractivity contribution in [3.8, 4) is 22.8 Å². The van der Waals surface area contributed by atoms with E-state index in [2.05, 4.69) is 10.1 Å². The molecule has 0 aliphatic heterocycles. The van der Waals surface area contributed by atoms with E-state index in [1.165, 1.54) is 0 Å². The molecule has 1 aromatic heterocycles. The number of benzene rings is 3. The molecule has 150 valence electrons. The quantitative estimate of drug-likeness (QED) is 0.471. The predicted molar refractivity (Wildman–Crippen MR) is 116 cm³/mol. The minimum Gasteiger partial charge on any atom is -0.492 e. The van der Waals surface area contributed by atoms with Crippen LogP contribution in [-0.4, -0.2) is 45.8 Å². The molecule has 0 N–H and O–H groups in total. The molecule has 1 amide bonds. The van der Waals surface area contributed by atoms with Crippen molar-refractivity contribution < 1.29 is 9.53 Å². The van der Waals surface area contributed by atoms with E-state index in [0.29, 0.717) is 19.0 Å². The van der Waals surface area contributed by atoms with Gasteiger partial charge in [0.1, 0.15) is 12.4 Å². The summed E-state index contributed by atoms with van der Waals surface area (Å²) in [5.41, 5.74) is 1.74. The third kappa shape index (κ3) is 4.38. The first-order chi connectivity index (χ1) is 14.7. The largest absolute Gasteiger partial charge is 0.492 e. The van der Waals surface area contributed by atoms with E-state index >= 15 is 0 Å². The number of aromatic nitrogens is 3. The number of nitrogens with zero attached hydrogens (tertiary/aromatic N) is 4. The number of carbonyl (C=O) groups excluding carboxylic acids is 1. The third-order valence-corrected chi connectivity index (χ3v) is 4.62. The highest BCUT2D eigenvalue weighted by atomic mass is 16.5. The van der Waals surface area contributed by atoms with Crippen LogP contribution in [-0.2, 0) is 0 Å². The lowest BCUT2D eigenvalue weighted by Crippen LogP contribution is -2.31. The van der Waals surface area contributed by atoms with E-state index in [9.17, 15) is 4.79 Å². The summed E-state index contributed by atoms with van der Waals surface area (Å²) in [6.07, 6.45) is 0. The van der Waals surface area contributed by atoms with Crippen molar-refractivity contribution in [1.82, 2.24) is 19.7 Å². The number of amides is 1. The predicted octanol–water partition coefficient (Wildman–Crippen LogP) is 4.09. The lowest BCUT2D eigenvalue weighted by atomic mass is 10.2. The van der Waals surface area contributed by atoms with Crippen LogP contribution in [0.15, 0.2) is 91.0 Å². The molecule has 0 bridgehead atoms. The average molecular weight is 398 g/mol. The Kier molecular flexibility index (Phi) is 5.85. The van der Waals surface area contributed by atoms with Crippen LogP contribution in [0.1, 0.15) is 10.6 Å². The third-order valence-electron chi connectivity index (χ3n) is 4.62. The Balaban J connectivity index is 1.54. The molecule has 6 heteroatoms. The van der Waals surface area contributed by atoms with E-state index in [0.717, 1.165) is 17.0 Å². The zero-order valence-electron chi connectivity index (χ0n) is 16.7. The Labute approximate surface area is 175 Å². The maximum atomic E-state index is 12.9. The number of carbonyl (C=O) groups is 1. The topological polar surface area (TPSA) is 60.2 Å². The van der Waals surface area contributed by atoms with Gasteiger partial charge in [-0.1, -0.05) is 66.7 Å². The summed E-state index contributed by atoms with van der Waals surface area (Å²) in [5.74, 6) is 1.30. The van der Waals surface area contributed by atoms with Crippen molar-refractivity contribution in [1.29, 1.82) is 0 Å². The SMILES string of the molecule is CN(CCOc1ccccc1)C(=O)c1nc(-c2ccccc2)n(-c2ccccc2)n1. The van der Waals surface area contributed by atoms with E-state index < -0.39 is 0 Å². The Bertz CT molecular complexity index is 1040. The molecule has 0 aliphatic carbocycles. The molecule has 0 saturated carbocycles. The van der Waals surface area contributed by atoms with Gasteiger partial charge in [-0.05, 0) is 24.3 Å². The van der Waals surface area contributed by atoms with E-state index in [4.69, 9.17) is 4.74 Å². The molecule has 0 unspecified atom stereocenters. The molecule has 0 spiro atoms. The Morgan fingerprint density at radius 3 is 2.17 bits per heavy atom. The summed E-state index contributed by atoms with van der Waals surface area (Å²) in [5, 5.41) is 4.52. The first-order valence-corrected chi connectivity index (χ1v) is 9.73. The van der Waals surface area contributed by atoms with Gasteiger partial charge < -0.3 is 9.64 Å². The Morgan fingerprint density at radius 2 is 1.50 bits per heavy atom. The second-order valence-electron chi connectivity index (χ2n) is 6.76. The van der Waals surface area contributed by atoms with Gasteiger partial charge in [0.05, 0.1) is 12.2 Å².